The smallest absolute Gasteiger partial charge is 0.223 e. The van der Waals surface area contributed by atoms with E-state index in [2.05, 4.69) is 20.5 Å². The molecule has 1 heterocycles. The Morgan fingerprint density at radius 3 is 2.46 bits per heavy atom. The van der Waals surface area contributed by atoms with Gasteiger partial charge in [0.25, 0.3) is 0 Å². The molecular formula is C17H27N5O2. The molecule has 132 valence electrons. The van der Waals surface area contributed by atoms with Crippen LogP contribution in [0.3, 0.4) is 0 Å². The number of H-pyrrole nitrogens is 1. The zero-order valence-electron chi connectivity index (χ0n) is 14.0. The molecule has 1 aromatic rings. The zero-order chi connectivity index (χ0) is 16.9. The van der Waals surface area contributed by atoms with E-state index in [1.165, 1.54) is 6.33 Å². The molecule has 0 unspecified atom stereocenters. The first-order chi connectivity index (χ1) is 11.6. The van der Waals surface area contributed by atoms with Gasteiger partial charge in [-0.25, -0.2) is 4.98 Å². The van der Waals surface area contributed by atoms with Gasteiger partial charge in [0.2, 0.25) is 5.91 Å². The lowest BCUT2D eigenvalue weighted by Crippen LogP contribution is -2.43. The Labute approximate surface area is 142 Å². The van der Waals surface area contributed by atoms with Gasteiger partial charge in [-0.1, -0.05) is 0 Å². The Hall–Kier alpha value is -1.76. The lowest BCUT2D eigenvalue weighted by Gasteiger charge is -2.31. The molecule has 3 rings (SSSR count). The Morgan fingerprint density at radius 1 is 1.12 bits per heavy atom. The fourth-order valence-electron chi connectivity index (χ4n) is 3.91. The average Bonchev–Trinajstić information content (AvgIpc) is 3.12. The molecule has 0 aliphatic heterocycles. The van der Waals surface area contributed by atoms with Crippen LogP contribution in [0.4, 0.5) is 0 Å². The van der Waals surface area contributed by atoms with Crippen molar-refractivity contribution in [1.82, 2.24) is 20.5 Å². The molecular weight excluding hydrogens is 306 g/mol. The van der Waals surface area contributed by atoms with Gasteiger partial charge in [-0.05, 0) is 57.3 Å². The normalized spacial score (nSPS) is 30.7. The summed E-state index contributed by atoms with van der Waals surface area (Å²) in [4.78, 5) is 28.3. The van der Waals surface area contributed by atoms with E-state index in [9.17, 15) is 9.59 Å². The molecule has 24 heavy (non-hydrogen) atoms. The molecule has 1 amide bonds. The highest BCUT2D eigenvalue weighted by Crippen LogP contribution is 2.29. The number of amides is 1. The predicted molar refractivity (Wildman–Crippen MR) is 89.2 cm³/mol. The van der Waals surface area contributed by atoms with Crippen LogP contribution in [0.15, 0.2) is 6.33 Å². The molecule has 0 spiro atoms. The second-order valence-electron chi connectivity index (χ2n) is 7.30. The minimum absolute atomic E-state index is 0.0264. The third-order valence-electron chi connectivity index (χ3n) is 5.49. The molecule has 0 saturated heterocycles. The van der Waals surface area contributed by atoms with Crippen molar-refractivity contribution in [3.63, 3.8) is 0 Å². The number of aromatic amines is 1. The monoisotopic (exact) mass is 333 g/mol. The second-order valence-corrected chi connectivity index (χ2v) is 7.30. The number of carbonyl (C=O) groups excluding carboxylic acids is 2. The third-order valence-corrected chi connectivity index (χ3v) is 5.49. The van der Waals surface area contributed by atoms with Crippen LogP contribution in [0.5, 0.6) is 0 Å². The van der Waals surface area contributed by atoms with E-state index < -0.39 is 0 Å². The maximum Gasteiger partial charge on any atom is 0.223 e. The quantitative estimate of drug-likeness (QED) is 0.708. The Balaban J connectivity index is 1.39. The van der Waals surface area contributed by atoms with E-state index in [4.69, 9.17) is 5.73 Å². The molecule has 0 aromatic carbocycles. The number of Topliss-reactive ketones (excluding diaryl/α,β-unsaturated/α-hetero) is 1. The first-order valence-corrected chi connectivity index (χ1v) is 9.06. The van der Waals surface area contributed by atoms with Gasteiger partial charge in [-0.2, -0.15) is 5.10 Å². The summed E-state index contributed by atoms with van der Waals surface area (Å²) >= 11 is 0. The summed E-state index contributed by atoms with van der Waals surface area (Å²) in [5, 5.41) is 9.55. The molecule has 2 aliphatic rings. The Kier molecular flexibility index (Phi) is 5.60. The van der Waals surface area contributed by atoms with Crippen LogP contribution in [0.25, 0.3) is 0 Å². The van der Waals surface area contributed by atoms with E-state index in [1.807, 2.05) is 0 Å². The lowest BCUT2D eigenvalue weighted by atomic mass is 9.82. The summed E-state index contributed by atoms with van der Waals surface area (Å²) in [7, 11) is 0. The van der Waals surface area contributed by atoms with Crippen molar-refractivity contribution in [3.8, 4) is 0 Å². The highest BCUT2D eigenvalue weighted by atomic mass is 16.2. The van der Waals surface area contributed by atoms with Crippen LogP contribution in [0.1, 0.15) is 68.4 Å². The van der Waals surface area contributed by atoms with Gasteiger partial charge in [-0.3, -0.25) is 14.7 Å². The van der Waals surface area contributed by atoms with Crippen LogP contribution < -0.4 is 11.1 Å². The van der Waals surface area contributed by atoms with Crippen LogP contribution >= 0.6 is 0 Å². The molecule has 0 radical (unpaired) electrons. The van der Waals surface area contributed by atoms with Gasteiger partial charge in [0, 0.05) is 24.4 Å². The van der Waals surface area contributed by atoms with Crippen molar-refractivity contribution < 1.29 is 9.59 Å². The van der Waals surface area contributed by atoms with Crippen molar-refractivity contribution in [3.05, 3.63) is 12.2 Å². The van der Waals surface area contributed by atoms with Crippen molar-refractivity contribution in [2.45, 2.75) is 69.9 Å². The van der Waals surface area contributed by atoms with Gasteiger partial charge < -0.3 is 11.1 Å². The fourth-order valence-corrected chi connectivity index (χ4v) is 3.91. The summed E-state index contributed by atoms with van der Waals surface area (Å²) < 4.78 is 0. The van der Waals surface area contributed by atoms with E-state index in [-0.39, 0.29) is 29.7 Å². The maximum atomic E-state index is 12.4. The van der Waals surface area contributed by atoms with Crippen molar-refractivity contribution in [1.29, 1.82) is 0 Å². The molecule has 2 aliphatic carbocycles. The summed E-state index contributed by atoms with van der Waals surface area (Å²) in [6, 6.07) is 0.524. The number of hydrogen-bond donors (Lipinski definition) is 3. The number of rotatable bonds is 5. The Morgan fingerprint density at radius 2 is 1.83 bits per heavy atom. The minimum atomic E-state index is 0.0264. The largest absolute Gasteiger partial charge is 0.353 e. The first-order valence-electron chi connectivity index (χ1n) is 9.06. The fraction of sp³-hybridized carbons (Fsp3) is 0.765. The number of nitrogens with two attached hydrogens (primary N) is 1. The second kappa shape index (κ2) is 7.88. The molecule has 4 N–H and O–H groups in total. The predicted octanol–water partition coefficient (Wildman–Crippen LogP) is 1.57. The van der Waals surface area contributed by atoms with Crippen LogP contribution in [-0.4, -0.2) is 39.0 Å². The molecule has 2 fully saturated rings. The molecule has 0 atom stereocenters. The third kappa shape index (κ3) is 4.41. The first kappa shape index (κ1) is 17.1. The number of hydrogen-bond acceptors (Lipinski definition) is 5. The summed E-state index contributed by atoms with van der Waals surface area (Å²) in [6.45, 7) is 0. The molecule has 0 bridgehead atoms. The molecule has 7 heteroatoms. The number of carbonyl (C=O) groups is 2. The van der Waals surface area contributed by atoms with Crippen LogP contribution in [-0.2, 0) is 4.79 Å². The van der Waals surface area contributed by atoms with Crippen molar-refractivity contribution >= 4 is 11.7 Å². The SMILES string of the molecule is NC1CCC(C(=O)NC2CCC(CC(=O)c3ncn[nH]3)CC2)CC1. The number of nitrogens with zero attached hydrogens (tertiary/aromatic N) is 2. The highest BCUT2D eigenvalue weighted by Gasteiger charge is 2.29. The molecule has 1 aromatic heterocycles. The summed E-state index contributed by atoms with van der Waals surface area (Å²) in [5.41, 5.74) is 5.90. The average molecular weight is 333 g/mol. The van der Waals surface area contributed by atoms with E-state index >= 15 is 0 Å². The van der Waals surface area contributed by atoms with E-state index in [1.54, 1.807) is 0 Å². The van der Waals surface area contributed by atoms with E-state index in [0.29, 0.717) is 18.2 Å². The number of aromatic nitrogens is 3. The zero-order valence-corrected chi connectivity index (χ0v) is 14.0. The Bertz CT molecular complexity index is 543. The van der Waals surface area contributed by atoms with Gasteiger partial charge in [0.1, 0.15) is 6.33 Å². The summed E-state index contributed by atoms with van der Waals surface area (Å²) in [6.07, 6.45) is 9.44. The topological polar surface area (TPSA) is 114 Å². The summed E-state index contributed by atoms with van der Waals surface area (Å²) in [5.74, 6) is 1.08. The van der Waals surface area contributed by atoms with Crippen LogP contribution in [0.2, 0.25) is 0 Å². The van der Waals surface area contributed by atoms with Gasteiger partial charge in [0.15, 0.2) is 11.6 Å². The minimum Gasteiger partial charge on any atom is -0.353 e. The standard InChI is InChI=1S/C17H27N5O2/c18-13-5-3-12(4-6-13)17(24)21-14-7-1-11(2-8-14)9-15(23)16-19-10-20-22-16/h10-14H,1-9,18H2,(H,21,24)(H,19,20,22). The molecule has 7 nitrogen and oxygen atoms in total. The number of nitrogens with one attached hydrogen (secondary N) is 2. The van der Waals surface area contributed by atoms with Crippen molar-refractivity contribution in [2.24, 2.45) is 17.6 Å². The van der Waals surface area contributed by atoms with Crippen molar-refractivity contribution in [2.75, 3.05) is 0 Å². The number of ketones is 1. The maximum absolute atomic E-state index is 12.4. The van der Waals surface area contributed by atoms with E-state index in [0.717, 1.165) is 51.4 Å². The lowest BCUT2D eigenvalue weighted by molar-refractivity contribution is -0.127. The van der Waals surface area contributed by atoms with Gasteiger partial charge in [0.05, 0.1) is 0 Å². The van der Waals surface area contributed by atoms with Crippen LogP contribution in [0, 0.1) is 11.8 Å². The van der Waals surface area contributed by atoms with Gasteiger partial charge >= 0.3 is 0 Å². The van der Waals surface area contributed by atoms with Gasteiger partial charge in [-0.15, -0.1) is 0 Å². The highest BCUT2D eigenvalue weighted by molar-refractivity contribution is 5.92. The molecule has 2 saturated carbocycles.